The molecule has 172 valence electrons. The fraction of sp³-hybridized carbons (Fsp3) is 0.500. The zero-order valence-electron chi connectivity index (χ0n) is 19.5. The van der Waals surface area contributed by atoms with Gasteiger partial charge in [0.05, 0.1) is 11.0 Å². The smallest absolute Gasteiger partial charge is 0.240 e. The quantitative estimate of drug-likeness (QED) is 0.517. The third kappa shape index (κ3) is 3.92. The van der Waals surface area contributed by atoms with Crippen LogP contribution in [0.15, 0.2) is 54.6 Å². The zero-order valence-corrected chi connectivity index (χ0v) is 19.5. The van der Waals surface area contributed by atoms with Gasteiger partial charge in [-0.2, -0.15) is 0 Å². The van der Waals surface area contributed by atoms with Gasteiger partial charge in [-0.3, -0.25) is 4.79 Å². The minimum absolute atomic E-state index is 0.0872. The summed E-state index contributed by atoms with van der Waals surface area (Å²) >= 11 is 0. The number of nitrogens with zero attached hydrogens (tertiary/aromatic N) is 2. The third-order valence-electron chi connectivity index (χ3n) is 8.63. The Labute approximate surface area is 196 Å². The van der Waals surface area contributed by atoms with Crippen LogP contribution in [0.5, 0.6) is 0 Å². The summed E-state index contributed by atoms with van der Waals surface area (Å²) in [5, 5.41) is 6.88. The number of amides is 1. The van der Waals surface area contributed by atoms with Crippen LogP contribution in [0.3, 0.4) is 0 Å². The summed E-state index contributed by atoms with van der Waals surface area (Å²) in [4.78, 5) is 18.1. The number of para-hydroxylation sites is 2. The van der Waals surface area contributed by atoms with E-state index in [2.05, 4.69) is 29.7 Å². The average molecular weight is 443 g/mol. The van der Waals surface area contributed by atoms with E-state index in [-0.39, 0.29) is 18.5 Å². The van der Waals surface area contributed by atoms with Gasteiger partial charge >= 0.3 is 0 Å². The van der Waals surface area contributed by atoms with Crippen LogP contribution in [-0.2, 0) is 17.9 Å². The first-order chi connectivity index (χ1) is 16.1. The fourth-order valence-corrected chi connectivity index (χ4v) is 7.44. The van der Waals surface area contributed by atoms with Crippen LogP contribution in [-0.4, -0.2) is 21.5 Å². The van der Waals surface area contributed by atoms with Gasteiger partial charge in [0.2, 0.25) is 11.9 Å². The molecule has 3 aromatic rings. The Morgan fingerprint density at radius 3 is 2.33 bits per heavy atom. The van der Waals surface area contributed by atoms with Gasteiger partial charge in [0.25, 0.3) is 0 Å². The van der Waals surface area contributed by atoms with E-state index in [1.54, 1.807) is 0 Å². The Hall–Kier alpha value is -2.82. The highest BCUT2D eigenvalue weighted by Crippen LogP contribution is 2.61. The van der Waals surface area contributed by atoms with E-state index in [1.807, 2.05) is 47.0 Å². The monoisotopic (exact) mass is 442 g/mol. The van der Waals surface area contributed by atoms with Crippen LogP contribution in [0.2, 0.25) is 0 Å². The predicted molar refractivity (Wildman–Crippen MR) is 132 cm³/mol. The number of fused-ring (bicyclic) bond motifs is 1. The Kier molecular flexibility index (Phi) is 5.16. The van der Waals surface area contributed by atoms with E-state index in [1.165, 1.54) is 44.1 Å². The molecule has 0 radical (unpaired) electrons. The number of imidazole rings is 1. The maximum Gasteiger partial charge on any atom is 0.240 e. The molecule has 1 aromatic heterocycles. The van der Waals surface area contributed by atoms with Crippen molar-refractivity contribution in [2.24, 2.45) is 23.2 Å². The molecule has 0 saturated heterocycles. The molecule has 4 aliphatic rings. The number of anilines is 1. The number of aromatic nitrogens is 2. The van der Waals surface area contributed by atoms with Crippen molar-refractivity contribution in [3.8, 4) is 0 Å². The molecule has 4 bridgehead atoms. The molecular weight excluding hydrogens is 408 g/mol. The van der Waals surface area contributed by atoms with E-state index in [0.717, 1.165) is 34.7 Å². The summed E-state index contributed by atoms with van der Waals surface area (Å²) in [5.74, 6) is 3.51. The van der Waals surface area contributed by atoms with Crippen LogP contribution in [0, 0.1) is 23.2 Å². The predicted octanol–water partition coefficient (Wildman–Crippen LogP) is 5.37. The molecule has 1 atom stereocenters. The largest absolute Gasteiger partial charge is 0.352 e. The maximum absolute atomic E-state index is 13.3. The van der Waals surface area contributed by atoms with Crippen molar-refractivity contribution in [1.29, 1.82) is 0 Å². The second-order valence-corrected chi connectivity index (χ2v) is 10.9. The Balaban J connectivity index is 1.19. The third-order valence-corrected chi connectivity index (χ3v) is 8.63. The first-order valence-corrected chi connectivity index (χ1v) is 12.6. The summed E-state index contributed by atoms with van der Waals surface area (Å²) in [6.45, 7) is 3.22. The number of benzene rings is 2. The molecule has 1 heterocycles. The van der Waals surface area contributed by atoms with E-state index >= 15 is 0 Å². The first kappa shape index (κ1) is 20.8. The van der Waals surface area contributed by atoms with E-state index in [0.29, 0.717) is 12.0 Å². The van der Waals surface area contributed by atoms with Crippen molar-refractivity contribution in [2.75, 3.05) is 5.32 Å². The Bertz CT molecular complexity index is 1120. The minimum Gasteiger partial charge on any atom is -0.352 e. The SMILES string of the molecule is CC(NC(=O)Cn1c(NCc2ccccc2)nc2ccccc21)C12CC3CC(CC(C3)C1)C2. The van der Waals surface area contributed by atoms with E-state index < -0.39 is 0 Å². The molecule has 2 aromatic carbocycles. The summed E-state index contributed by atoms with van der Waals surface area (Å²) < 4.78 is 2.03. The highest BCUT2D eigenvalue weighted by atomic mass is 16.2. The molecule has 0 spiro atoms. The Morgan fingerprint density at radius 1 is 1.00 bits per heavy atom. The van der Waals surface area contributed by atoms with Gasteiger partial charge in [0.15, 0.2) is 0 Å². The van der Waals surface area contributed by atoms with Gasteiger partial charge < -0.3 is 15.2 Å². The number of nitrogens with one attached hydrogen (secondary N) is 2. The molecule has 5 heteroatoms. The van der Waals surface area contributed by atoms with E-state index in [4.69, 9.17) is 4.98 Å². The van der Waals surface area contributed by atoms with Gasteiger partial charge in [-0.25, -0.2) is 4.98 Å². The summed E-state index contributed by atoms with van der Waals surface area (Å²) in [6, 6.07) is 18.6. The van der Waals surface area contributed by atoms with Crippen molar-refractivity contribution in [3.63, 3.8) is 0 Å². The van der Waals surface area contributed by atoms with Gasteiger partial charge in [0.1, 0.15) is 6.54 Å². The van der Waals surface area contributed by atoms with Crippen molar-refractivity contribution in [3.05, 3.63) is 60.2 Å². The lowest BCUT2D eigenvalue weighted by molar-refractivity contribution is -0.126. The van der Waals surface area contributed by atoms with Crippen LogP contribution in [0.4, 0.5) is 5.95 Å². The topological polar surface area (TPSA) is 59.0 Å². The molecule has 1 amide bonds. The minimum atomic E-state index is 0.0872. The molecule has 4 fully saturated rings. The normalized spacial score (nSPS) is 28.7. The number of hydrogen-bond acceptors (Lipinski definition) is 3. The van der Waals surface area contributed by atoms with Gasteiger partial charge in [0, 0.05) is 12.6 Å². The molecule has 4 aliphatic carbocycles. The van der Waals surface area contributed by atoms with Gasteiger partial charge in [-0.05, 0) is 86.3 Å². The molecule has 0 aliphatic heterocycles. The van der Waals surface area contributed by atoms with Crippen LogP contribution < -0.4 is 10.6 Å². The highest BCUT2D eigenvalue weighted by molar-refractivity contribution is 5.83. The zero-order chi connectivity index (χ0) is 22.4. The lowest BCUT2D eigenvalue weighted by Crippen LogP contribution is -2.56. The highest BCUT2D eigenvalue weighted by Gasteiger charge is 2.53. The molecule has 2 N–H and O–H groups in total. The van der Waals surface area contributed by atoms with E-state index in [9.17, 15) is 4.79 Å². The second-order valence-electron chi connectivity index (χ2n) is 10.9. The molecular formula is C28H34N4O. The molecule has 33 heavy (non-hydrogen) atoms. The lowest BCUT2D eigenvalue weighted by Gasteiger charge is -2.59. The van der Waals surface area contributed by atoms with Crippen molar-refractivity contribution < 1.29 is 4.79 Å². The molecule has 5 nitrogen and oxygen atoms in total. The number of carbonyl (C=O) groups is 1. The van der Waals surface area contributed by atoms with Crippen LogP contribution in [0.1, 0.15) is 51.0 Å². The van der Waals surface area contributed by atoms with Crippen molar-refractivity contribution in [1.82, 2.24) is 14.9 Å². The van der Waals surface area contributed by atoms with Gasteiger partial charge in [-0.15, -0.1) is 0 Å². The Morgan fingerprint density at radius 2 is 1.64 bits per heavy atom. The summed E-state index contributed by atoms with van der Waals surface area (Å²) in [5.41, 5.74) is 3.41. The summed E-state index contributed by atoms with van der Waals surface area (Å²) in [7, 11) is 0. The summed E-state index contributed by atoms with van der Waals surface area (Å²) in [6.07, 6.45) is 8.20. The number of rotatable bonds is 7. The van der Waals surface area contributed by atoms with Crippen molar-refractivity contribution >= 4 is 22.9 Å². The van der Waals surface area contributed by atoms with Crippen LogP contribution in [0.25, 0.3) is 11.0 Å². The number of carbonyl (C=O) groups excluding carboxylic acids is 1. The van der Waals surface area contributed by atoms with Crippen LogP contribution >= 0.6 is 0 Å². The molecule has 4 saturated carbocycles. The standard InChI is InChI=1S/C28H34N4O/c1-19(28-14-21-11-22(15-28)13-23(12-21)16-28)30-26(33)18-32-25-10-6-5-9-24(25)31-27(32)29-17-20-7-3-2-4-8-20/h2-10,19,21-23H,11-18H2,1H3,(H,29,31)(H,30,33). The van der Waals surface area contributed by atoms with Crippen molar-refractivity contribution in [2.45, 2.75) is 64.6 Å². The first-order valence-electron chi connectivity index (χ1n) is 12.6. The second kappa shape index (κ2) is 8.19. The molecule has 1 unspecified atom stereocenters. The lowest BCUT2D eigenvalue weighted by atomic mass is 9.48. The number of hydrogen-bond donors (Lipinski definition) is 2. The average Bonchev–Trinajstić information content (AvgIpc) is 3.14. The van der Waals surface area contributed by atoms with Gasteiger partial charge in [-0.1, -0.05) is 42.5 Å². The fourth-order valence-electron chi connectivity index (χ4n) is 7.44. The maximum atomic E-state index is 13.3. The molecule has 7 rings (SSSR count).